The van der Waals surface area contributed by atoms with E-state index in [0.717, 1.165) is 26.1 Å². The van der Waals surface area contributed by atoms with E-state index in [0.29, 0.717) is 6.04 Å². The first-order valence-electron chi connectivity index (χ1n) is 5.93. The molecular weight excluding hydrogens is 188 g/mol. The highest BCUT2D eigenvalue weighted by Crippen LogP contribution is 2.13. The first-order chi connectivity index (χ1) is 6.82. The lowest BCUT2D eigenvalue weighted by atomic mass is 10.0. The van der Waals surface area contributed by atoms with E-state index in [1.807, 2.05) is 13.8 Å². The summed E-state index contributed by atoms with van der Waals surface area (Å²) in [7, 11) is 4.17. The summed E-state index contributed by atoms with van der Waals surface area (Å²) in [6, 6.07) is 0.489. The third-order valence-electron chi connectivity index (χ3n) is 2.96. The molecule has 1 N–H and O–H groups in total. The van der Waals surface area contributed by atoms with Gasteiger partial charge in [-0.25, -0.2) is 0 Å². The van der Waals surface area contributed by atoms with Crippen molar-refractivity contribution in [3.63, 3.8) is 0 Å². The number of rotatable bonds is 7. The molecule has 0 heterocycles. The Bertz CT molecular complexity index is 169. The summed E-state index contributed by atoms with van der Waals surface area (Å²) >= 11 is 0. The normalized spacial score (nSPS) is 18.2. The van der Waals surface area contributed by atoms with Crippen LogP contribution in [-0.4, -0.2) is 60.3 Å². The number of nitrogens with zero attached hydrogens (tertiary/aromatic N) is 2. The lowest BCUT2D eigenvalue weighted by Gasteiger charge is -2.35. The van der Waals surface area contributed by atoms with Crippen molar-refractivity contribution in [1.29, 1.82) is 0 Å². The van der Waals surface area contributed by atoms with E-state index in [4.69, 9.17) is 0 Å². The van der Waals surface area contributed by atoms with Gasteiger partial charge in [-0.3, -0.25) is 4.90 Å². The van der Waals surface area contributed by atoms with Crippen LogP contribution in [0.25, 0.3) is 0 Å². The molecule has 92 valence electrons. The summed E-state index contributed by atoms with van der Waals surface area (Å²) in [5.41, 5.74) is -0.559. The van der Waals surface area contributed by atoms with Crippen LogP contribution in [0.5, 0.6) is 0 Å². The first kappa shape index (κ1) is 14.9. The van der Waals surface area contributed by atoms with Gasteiger partial charge in [0.25, 0.3) is 0 Å². The Hall–Kier alpha value is -0.120. The topological polar surface area (TPSA) is 26.7 Å². The maximum absolute atomic E-state index is 10.1. The van der Waals surface area contributed by atoms with Gasteiger partial charge in [-0.05, 0) is 40.9 Å². The van der Waals surface area contributed by atoms with Crippen molar-refractivity contribution in [3.8, 4) is 0 Å². The molecule has 0 saturated carbocycles. The third kappa shape index (κ3) is 6.13. The summed E-state index contributed by atoms with van der Waals surface area (Å²) < 4.78 is 0. The minimum Gasteiger partial charge on any atom is -0.389 e. The van der Waals surface area contributed by atoms with Crippen LogP contribution in [-0.2, 0) is 0 Å². The van der Waals surface area contributed by atoms with Gasteiger partial charge >= 0.3 is 0 Å². The molecule has 0 aliphatic rings. The summed E-state index contributed by atoms with van der Waals surface area (Å²) in [5, 5.41) is 10.1. The fourth-order valence-electron chi connectivity index (χ4n) is 1.77. The highest BCUT2D eigenvalue weighted by molar-refractivity contribution is 4.79. The lowest BCUT2D eigenvalue weighted by molar-refractivity contribution is 0.00382. The maximum Gasteiger partial charge on any atom is 0.0743 e. The molecule has 2 unspecified atom stereocenters. The zero-order valence-corrected chi connectivity index (χ0v) is 11.2. The van der Waals surface area contributed by atoms with Gasteiger partial charge in [0, 0.05) is 19.1 Å². The molecule has 0 spiro atoms. The lowest BCUT2D eigenvalue weighted by Crippen LogP contribution is -2.47. The van der Waals surface area contributed by atoms with Gasteiger partial charge < -0.3 is 10.0 Å². The second-order valence-corrected chi connectivity index (χ2v) is 5.02. The number of likely N-dealkylation sites (N-methyl/N-ethyl adjacent to an activating group) is 2. The largest absolute Gasteiger partial charge is 0.389 e. The number of hydrogen-bond acceptors (Lipinski definition) is 3. The van der Waals surface area contributed by atoms with Gasteiger partial charge in [0.15, 0.2) is 0 Å². The van der Waals surface area contributed by atoms with Crippen LogP contribution in [0, 0.1) is 0 Å². The average molecular weight is 216 g/mol. The Labute approximate surface area is 95.1 Å². The molecule has 0 bridgehead atoms. The van der Waals surface area contributed by atoms with Crippen molar-refractivity contribution in [1.82, 2.24) is 9.80 Å². The van der Waals surface area contributed by atoms with E-state index in [1.165, 1.54) is 0 Å². The summed E-state index contributed by atoms with van der Waals surface area (Å²) in [5.74, 6) is 0. The Balaban J connectivity index is 4.23. The highest BCUT2D eigenvalue weighted by atomic mass is 16.3. The quantitative estimate of drug-likeness (QED) is 0.697. The molecule has 2 atom stereocenters. The van der Waals surface area contributed by atoms with Crippen LogP contribution in [0.3, 0.4) is 0 Å². The second kappa shape index (κ2) is 6.46. The number of aliphatic hydroxyl groups is 1. The molecular formula is C12H28N2O. The van der Waals surface area contributed by atoms with Crippen LogP contribution >= 0.6 is 0 Å². The molecule has 0 aliphatic heterocycles. The summed E-state index contributed by atoms with van der Waals surface area (Å²) in [6.07, 6.45) is 0.804. The molecule has 0 fully saturated rings. The maximum atomic E-state index is 10.1. The molecule has 0 aromatic carbocycles. The van der Waals surface area contributed by atoms with Crippen LogP contribution in [0.4, 0.5) is 0 Å². The Morgan fingerprint density at radius 2 is 1.80 bits per heavy atom. The van der Waals surface area contributed by atoms with Crippen molar-refractivity contribution in [2.24, 2.45) is 0 Å². The summed E-state index contributed by atoms with van der Waals surface area (Å²) in [4.78, 5) is 4.53. The highest BCUT2D eigenvalue weighted by Gasteiger charge is 2.24. The van der Waals surface area contributed by atoms with Crippen molar-refractivity contribution < 1.29 is 5.11 Å². The Morgan fingerprint density at radius 3 is 2.13 bits per heavy atom. The van der Waals surface area contributed by atoms with Crippen molar-refractivity contribution in [2.75, 3.05) is 33.7 Å². The molecule has 0 amide bonds. The van der Waals surface area contributed by atoms with E-state index in [9.17, 15) is 5.11 Å². The third-order valence-corrected chi connectivity index (χ3v) is 2.96. The molecule has 3 heteroatoms. The van der Waals surface area contributed by atoms with Gasteiger partial charge in [0.05, 0.1) is 5.60 Å². The molecule has 0 aromatic rings. The predicted molar refractivity (Wildman–Crippen MR) is 66.2 cm³/mol. The average Bonchev–Trinajstić information content (AvgIpc) is 2.13. The molecule has 3 nitrogen and oxygen atoms in total. The molecule has 15 heavy (non-hydrogen) atoms. The number of hydrogen-bond donors (Lipinski definition) is 1. The van der Waals surface area contributed by atoms with E-state index in [1.54, 1.807) is 0 Å². The first-order valence-corrected chi connectivity index (χ1v) is 5.93. The van der Waals surface area contributed by atoms with E-state index in [2.05, 4.69) is 37.7 Å². The standard InChI is InChI=1S/C12H28N2O/c1-7-12(4,15)10-14(8-2)11(3)9-13(5)6/h11,15H,7-10H2,1-6H3. The minimum absolute atomic E-state index is 0.489. The smallest absolute Gasteiger partial charge is 0.0743 e. The molecule has 0 aliphatic carbocycles. The van der Waals surface area contributed by atoms with Crippen LogP contribution < -0.4 is 0 Å². The zero-order valence-electron chi connectivity index (χ0n) is 11.2. The van der Waals surface area contributed by atoms with Gasteiger partial charge in [0.2, 0.25) is 0 Å². The monoisotopic (exact) mass is 216 g/mol. The van der Waals surface area contributed by atoms with E-state index >= 15 is 0 Å². The molecule has 0 radical (unpaired) electrons. The Kier molecular flexibility index (Phi) is 6.41. The van der Waals surface area contributed by atoms with Gasteiger partial charge in [-0.15, -0.1) is 0 Å². The van der Waals surface area contributed by atoms with Crippen LogP contribution in [0.15, 0.2) is 0 Å². The minimum atomic E-state index is -0.559. The van der Waals surface area contributed by atoms with Gasteiger partial charge in [0.1, 0.15) is 0 Å². The van der Waals surface area contributed by atoms with Gasteiger partial charge in [-0.2, -0.15) is 0 Å². The fourth-order valence-corrected chi connectivity index (χ4v) is 1.77. The predicted octanol–water partition coefficient (Wildman–Crippen LogP) is 1.42. The van der Waals surface area contributed by atoms with E-state index < -0.39 is 5.60 Å². The van der Waals surface area contributed by atoms with Crippen LogP contribution in [0.1, 0.15) is 34.1 Å². The van der Waals surface area contributed by atoms with Crippen molar-refractivity contribution >= 4 is 0 Å². The zero-order chi connectivity index (χ0) is 12.1. The second-order valence-electron chi connectivity index (χ2n) is 5.02. The van der Waals surface area contributed by atoms with Gasteiger partial charge in [-0.1, -0.05) is 13.8 Å². The van der Waals surface area contributed by atoms with Crippen molar-refractivity contribution in [3.05, 3.63) is 0 Å². The summed E-state index contributed by atoms with van der Waals surface area (Å²) in [6.45, 7) is 11.1. The Morgan fingerprint density at radius 1 is 1.27 bits per heavy atom. The molecule has 0 saturated heterocycles. The SMILES string of the molecule is CCN(CC(C)(O)CC)C(C)CN(C)C. The van der Waals surface area contributed by atoms with E-state index in [-0.39, 0.29) is 0 Å². The fraction of sp³-hybridized carbons (Fsp3) is 1.00. The molecule has 0 rings (SSSR count). The molecule has 0 aromatic heterocycles. The van der Waals surface area contributed by atoms with Crippen molar-refractivity contribution in [2.45, 2.75) is 45.8 Å². The van der Waals surface area contributed by atoms with Crippen LogP contribution in [0.2, 0.25) is 0 Å².